The van der Waals surface area contributed by atoms with Crippen LogP contribution >= 0.6 is 0 Å². The van der Waals surface area contributed by atoms with Gasteiger partial charge in [-0.2, -0.15) is 0 Å². The lowest BCUT2D eigenvalue weighted by Crippen LogP contribution is -2.43. The molecule has 1 aromatic rings. The smallest absolute Gasteiger partial charge is 0.223 e. The molecule has 126 valence electrons. The predicted molar refractivity (Wildman–Crippen MR) is 89.1 cm³/mol. The van der Waals surface area contributed by atoms with Gasteiger partial charge in [0.2, 0.25) is 5.91 Å². The molecule has 3 rings (SSSR count). The highest BCUT2D eigenvalue weighted by atomic mass is 16.5. The Labute approximate surface area is 138 Å². The highest BCUT2D eigenvalue weighted by Crippen LogP contribution is 2.20. The Morgan fingerprint density at radius 2 is 2.13 bits per heavy atom. The maximum Gasteiger partial charge on any atom is 0.223 e. The molecule has 5 heteroatoms. The van der Waals surface area contributed by atoms with E-state index in [9.17, 15) is 4.79 Å². The first-order valence-corrected chi connectivity index (χ1v) is 8.79. The molecule has 2 saturated heterocycles. The molecule has 0 saturated carbocycles. The molecule has 23 heavy (non-hydrogen) atoms. The van der Waals surface area contributed by atoms with Crippen LogP contribution in [0.4, 0.5) is 0 Å². The molecule has 1 atom stereocenters. The Morgan fingerprint density at radius 3 is 2.91 bits per heavy atom. The number of likely N-dealkylation sites (tertiary alicyclic amines) is 1. The highest BCUT2D eigenvalue weighted by molar-refractivity contribution is 5.76. The summed E-state index contributed by atoms with van der Waals surface area (Å²) < 4.78 is 5.35. The van der Waals surface area contributed by atoms with Gasteiger partial charge in [-0.3, -0.25) is 14.7 Å². The lowest BCUT2D eigenvalue weighted by atomic mass is 9.93. The summed E-state index contributed by atoms with van der Waals surface area (Å²) >= 11 is 0. The number of rotatable bonds is 5. The summed E-state index contributed by atoms with van der Waals surface area (Å²) in [6, 6.07) is 6.07. The number of carbonyl (C=O) groups is 1. The number of nitrogens with zero attached hydrogens (tertiary/aromatic N) is 3. The summed E-state index contributed by atoms with van der Waals surface area (Å²) in [6.07, 6.45) is 5.78. The van der Waals surface area contributed by atoms with Crippen LogP contribution in [0.2, 0.25) is 0 Å². The first kappa shape index (κ1) is 16.4. The van der Waals surface area contributed by atoms with Gasteiger partial charge in [0.1, 0.15) is 0 Å². The second-order valence-electron chi connectivity index (χ2n) is 6.58. The number of piperidine rings is 1. The van der Waals surface area contributed by atoms with Crippen LogP contribution in [0.5, 0.6) is 0 Å². The molecular weight excluding hydrogens is 290 g/mol. The molecule has 1 aromatic heterocycles. The molecule has 2 aliphatic heterocycles. The lowest BCUT2D eigenvalue weighted by molar-refractivity contribution is -0.133. The number of morpholine rings is 1. The number of hydrogen-bond donors (Lipinski definition) is 0. The zero-order valence-corrected chi connectivity index (χ0v) is 13.8. The van der Waals surface area contributed by atoms with E-state index in [0.717, 1.165) is 64.5 Å². The van der Waals surface area contributed by atoms with E-state index in [4.69, 9.17) is 4.74 Å². The molecule has 0 aromatic carbocycles. The average molecular weight is 317 g/mol. The molecular formula is C18H27N3O2. The van der Waals surface area contributed by atoms with E-state index in [1.807, 2.05) is 18.3 Å². The first-order valence-electron chi connectivity index (χ1n) is 8.79. The second-order valence-corrected chi connectivity index (χ2v) is 6.58. The zero-order chi connectivity index (χ0) is 15.9. The van der Waals surface area contributed by atoms with Crippen LogP contribution in [0.25, 0.3) is 0 Å². The third-order valence-electron chi connectivity index (χ3n) is 4.84. The van der Waals surface area contributed by atoms with Crippen LogP contribution in [0.3, 0.4) is 0 Å². The van der Waals surface area contributed by atoms with Crippen LogP contribution in [-0.4, -0.2) is 66.6 Å². The van der Waals surface area contributed by atoms with Crippen molar-refractivity contribution in [2.45, 2.75) is 25.7 Å². The van der Waals surface area contributed by atoms with Gasteiger partial charge < -0.3 is 9.64 Å². The van der Waals surface area contributed by atoms with Gasteiger partial charge in [0, 0.05) is 51.0 Å². The van der Waals surface area contributed by atoms with Crippen LogP contribution in [-0.2, 0) is 16.0 Å². The number of hydrogen-bond acceptors (Lipinski definition) is 4. The van der Waals surface area contributed by atoms with E-state index in [1.165, 1.54) is 6.42 Å². The second kappa shape index (κ2) is 8.41. The van der Waals surface area contributed by atoms with E-state index in [1.54, 1.807) is 0 Å². The molecule has 5 nitrogen and oxygen atoms in total. The summed E-state index contributed by atoms with van der Waals surface area (Å²) in [5, 5.41) is 0. The summed E-state index contributed by atoms with van der Waals surface area (Å²) in [6.45, 7) is 6.17. The predicted octanol–water partition coefficient (Wildman–Crippen LogP) is 1.58. The van der Waals surface area contributed by atoms with Gasteiger partial charge in [0.25, 0.3) is 0 Å². The maximum absolute atomic E-state index is 12.5. The number of pyridine rings is 1. The van der Waals surface area contributed by atoms with E-state index >= 15 is 0 Å². The van der Waals surface area contributed by atoms with Gasteiger partial charge in [-0.1, -0.05) is 6.07 Å². The fraction of sp³-hybridized carbons (Fsp3) is 0.667. The van der Waals surface area contributed by atoms with Crippen molar-refractivity contribution in [2.75, 3.05) is 45.9 Å². The number of aromatic nitrogens is 1. The Morgan fingerprint density at radius 1 is 1.26 bits per heavy atom. The Kier molecular flexibility index (Phi) is 6.00. The van der Waals surface area contributed by atoms with E-state index < -0.39 is 0 Å². The highest BCUT2D eigenvalue weighted by Gasteiger charge is 2.24. The molecule has 0 spiro atoms. The quantitative estimate of drug-likeness (QED) is 0.827. The molecule has 0 unspecified atom stereocenters. The van der Waals surface area contributed by atoms with Gasteiger partial charge in [-0.25, -0.2) is 0 Å². The first-order chi connectivity index (χ1) is 11.3. The number of amides is 1. The molecule has 2 fully saturated rings. The van der Waals surface area contributed by atoms with Crippen molar-refractivity contribution in [2.24, 2.45) is 5.92 Å². The summed E-state index contributed by atoms with van der Waals surface area (Å²) in [5.41, 5.74) is 1.14. The monoisotopic (exact) mass is 317 g/mol. The van der Waals surface area contributed by atoms with Crippen LogP contribution in [0.1, 0.15) is 25.0 Å². The van der Waals surface area contributed by atoms with Crippen LogP contribution < -0.4 is 0 Å². The van der Waals surface area contributed by atoms with Gasteiger partial charge in [-0.15, -0.1) is 0 Å². The SMILES string of the molecule is O=C(CCN1CCOCC1)N1CCC[C@H](Cc2ccccn2)C1. The minimum absolute atomic E-state index is 0.308. The maximum atomic E-state index is 12.5. The topological polar surface area (TPSA) is 45.7 Å². The van der Waals surface area contributed by atoms with Gasteiger partial charge >= 0.3 is 0 Å². The van der Waals surface area contributed by atoms with E-state index in [-0.39, 0.29) is 0 Å². The van der Waals surface area contributed by atoms with Gasteiger partial charge in [-0.05, 0) is 37.3 Å². The molecule has 0 aliphatic carbocycles. The largest absolute Gasteiger partial charge is 0.379 e. The summed E-state index contributed by atoms with van der Waals surface area (Å²) in [7, 11) is 0. The minimum Gasteiger partial charge on any atom is -0.379 e. The third kappa shape index (κ3) is 5.01. The number of carbonyl (C=O) groups excluding carboxylic acids is 1. The Balaban J connectivity index is 1.44. The average Bonchev–Trinajstić information content (AvgIpc) is 2.62. The fourth-order valence-corrected chi connectivity index (χ4v) is 3.51. The van der Waals surface area contributed by atoms with Gasteiger partial charge in [0.15, 0.2) is 0 Å². The number of ether oxygens (including phenoxy) is 1. The summed E-state index contributed by atoms with van der Waals surface area (Å²) in [4.78, 5) is 21.3. The zero-order valence-electron chi connectivity index (χ0n) is 13.8. The lowest BCUT2D eigenvalue weighted by Gasteiger charge is -2.33. The minimum atomic E-state index is 0.308. The van der Waals surface area contributed by atoms with E-state index in [2.05, 4.69) is 20.9 Å². The third-order valence-corrected chi connectivity index (χ3v) is 4.84. The van der Waals surface area contributed by atoms with Crippen molar-refractivity contribution in [3.63, 3.8) is 0 Å². The van der Waals surface area contributed by atoms with Crippen molar-refractivity contribution in [3.8, 4) is 0 Å². The van der Waals surface area contributed by atoms with Crippen LogP contribution in [0.15, 0.2) is 24.4 Å². The fourth-order valence-electron chi connectivity index (χ4n) is 3.51. The molecule has 0 bridgehead atoms. The van der Waals surface area contributed by atoms with Crippen LogP contribution in [0, 0.1) is 5.92 Å². The molecule has 3 heterocycles. The summed E-state index contributed by atoms with van der Waals surface area (Å²) in [5.74, 6) is 0.855. The molecule has 1 amide bonds. The van der Waals surface area contributed by atoms with Crippen molar-refractivity contribution < 1.29 is 9.53 Å². The molecule has 0 radical (unpaired) electrons. The standard InChI is InChI=1S/C18H27N3O2/c22-18(6-9-20-10-12-23-13-11-20)21-8-3-4-16(15-21)14-17-5-1-2-7-19-17/h1-2,5,7,16H,3-4,6,8-15H2/t16-/m1/s1. The molecule has 2 aliphatic rings. The van der Waals surface area contributed by atoms with Crippen molar-refractivity contribution in [1.29, 1.82) is 0 Å². The van der Waals surface area contributed by atoms with Gasteiger partial charge in [0.05, 0.1) is 13.2 Å². The normalized spacial score (nSPS) is 23.0. The Bertz CT molecular complexity index is 488. The van der Waals surface area contributed by atoms with Crippen molar-refractivity contribution >= 4 is 5.91 Å². The Hall–Kier alpha value is -1.46. The van der Waals surface area contributed by atoms with Crippen molar-refractivity contribution in [3.05, 3.63) is 30.1 Å². The molecule has 0 N–H and O–H groups in total. The van der Waals surface area contributed by atoms with Crippen molar-refractivity contribution in [1.82, 2.24) is 14.8 Å². The van der Waals surface area contributed by atoms with E-state index in [0.29, 0.717) is 18.2 Å².